The highest BCUT2D eigenvalue weighted by Gasteiger charge is 2.23. The fourth-order valence-electron chi connectivity index (χ4n) is 2.30. The summed E-state index contributed by atoms with van der Waals surface area (Å²) in [5.74, 6) is 0.610. The molecule has 0 spiro atoms. The van der Waals surface area contributed by atoms with E-state index in [1.165, 1.54) is 0 Å². The molecule has 0 unspecified atom stereocenters. The topological polar surface area (TPSA) is 86.3 Å². The van der Waals surface area contributed by atoms with Crippen molar-refractivity contribution in [3.8, 4) is 22.8 Å². The Hall–Kier alpha value is -2.57. The first-order valence-electron chi connectivity index (χ1n) is 8.10. The van der Waals surface area contributed by atoms with Gasteiger partial charge in [-0.2, -0.15) is 10.3 Å². The zero-order chi connectivity index (χ0) is 17.4. The summed E-state index contributed by atoms with van der Waals surface area (Å²) in [5, 5.41) is 10.5. The summed E-state index contributed by atoms with van der Waals surface area (Å²) in [5.41, 5.74) is 1.16. The van der Waals surface area contributed by atoms with Gasteiger partial charge in [0.1, 0.15) is 5.69 Å². The lowest BCUT2D eigenvalue weighted by molar-refractivity contribution is 0.0520. The van der Waals surface area contributed by atoms with Crippen LogP contribution in [0.4, 0.5) is 0 Å². The first-order valence-corrected chi connectivity index (χ1v) is 8.10. The van der Waals surface area contributed by atoms with Crippen molar-refractivity contribution >= 4 is 5.97 Å². The number of benzene rings is 1. The monoisotopic (exact) mass is 333 g/mol. The second-order valence-corrected chi connectivity index (χ2v) is 5.13. The van der Waals surface area contributed by atoms with Crippen molar-refractivity contribution < 1.29 is 19.0 Å². The summed E-state index contributed by atoms with van der Waals surface area (Å²) in [6.45, 7) is 4.71. The quantitative estimate of drug-likeness (QED) is 0.560. The van der Waals surface area contributed by atoms with E-state index in [1.807, 2.05) is 18.2 Å². The first-order chi connectivity index (χ1) is 11.7. The lowest BCUT2D eigenvalue weighted by Gasteiger charge is -2.14. The van der Waals surface area contributed by atoms with Crippen molar-refractivity contribution in [3.05, 3.63) is 23.9 Å². The van der Waals surface area contributed by atoms with Crippen molar-refractivity contribution in [2.24, 2.45) is 0 Å². The van der Waals surface area contributed by atoms with Crippen LogP contribution in [0, 0.1) is 0 Å². The van der Waals surface area contributed by atoms with E-state index in [0.29, 0.717) is 29.4 Å². The smallest absolute Gasteiger partial charge is 0.361 e. The summed E-state index contributed by atoms with van der Waals surface area (Å²) in [7, 11) is 1.58. The Kier molecular flexibility index (Phi) is 6.60. The Morgan fingerprint density at radius 3 is 2.75 bits per heavy atom. The van der Waals surface area contributed by atoms with Crippen LogP contribution in [-0.2, 0) is 4.74 Å². The molecule has 7 heteroatoms. The number of rotatable bonds is 9. The highest BCUT2D eigenvalue weighted by molar-refractivity contribution is 5.95. The maximum atomic E-state index is 12.0. The highest BCUT2D eigenvalue weighted by atomic mass is 16.5. The summed E-state index contributed by atoms with van der Waals surface area (Å²) in [4.78, 5) is 12.0. The summed E-state index contributed by atoms with van der Waals surface area (Å²) in [6.07, 6.45) is 3.14. The molecule has 24 heavy (non-hydrogen) atoms. The molecule has 0 radical (unpaired) electrons. The van der Waals surface area contributed by atoms with Crippen molar-refractivity contribution in [2.75, 3.05) is 20.3 Å². The van der Waals surface area contributed by atoms with Gasteiger partial charge in [0.05, 0.1) is 25.9 Å². The molecule has 1 aromatic heterocycles. The van der Waals surface area contributed by atoms with Crippen LogP contribution < -0.4 is 9.47 Å². The zero-order valence-corrected chi connectivity index (χ0v) is 14.3. The molecule has 0 fully saturated rings. The average molecular weight is 333 g/mol. The number of nitrogens with zero attached hydrogens (tertiary/aromatic N) is 2. The molecule has 0 aliphatic carbocycles. The molecule has 0 aliphatic rings. The Morgan fingerprint density at radius 1 is 1.21 bits per heavy atom. The van der Waals surface area contributed by atoms with E-state index in [0.717, 1.165) is 19.3 Å². The number of ether oxygens (including phenoxy) is 3. The third-order valence-electron chi connectivity index (χ3n) is 3.46. The van der Waals surface area contributed by atoms with Crippen LogP contribution in [0.15, 0.2) is 18.2 Å². The van der Waals surface area contributed by atoms with Crippen LogP contribution in [0.5, 0.6) is 11.5 Å². The van der Waals surface area contributed by atoms with Crippen LogP contribution >= 0.6 is 0 Å². The predicted molar refractivity (Wildman–Crippen MR) is 89.3 cm³/mol. The van der Waals surface area contributed by atoms with Gasteiger partial charge in [0.2, 0.25) is 0 Å². The molecular formula is C17H23N3O4. The fourth-order valence-corrected chi connectivity index (χ4v) is 2.30. The van der Waals surface area contributed by atoms with Gasteiger partial charge in [0, 0.05) is 0 Å². The van der Waals surface area contributed by atoms with Gasteiger partial charge in [0.25, 0.3) is 0 Å². The molecule has 0 atom stereocenters. The van der Waals surface area contributed by atoms with E-state index in [4.69, 9.17) is 14.2 Å². The van der Waals surface area contributed by atoms with Gasteiger partial charge < -0.3 is 14.2 Å². The number of para-hydroxylation sites is 1. The van der Waals surface area contributed by atoms with Gasteiger partial charge in [-0.1, -0.05) is 25.8 Å². The van der Waals surface area contributed by atoms with Gasteiger partial charge in [-0.05, 0) is 25.5 Å². The normalized spacial score (nSPS) is 10.5. The number of aromatic amines is 1. The lowest BCUT2D eigenvalue weighted by atomic mass is 10.1. The number of carbonyl (C=O) groups excluding carboxylic acids is 1. The minimum Gasteiger partial charge on any atom is -0.493 e. The maximum Gasteiger partial charge on any atom is 0.361 e. The van der Waals surface area contributed by atoms with Gasteiger partial charge >= 0.3 is 5.97 Å². The standard InChI is InChI=1S/C17H23N3O4/c1-4-6-7-11-24-16-12(9-8-10-13(16)22-3)14-15(19-20-18-14)17(21)23-5-2/h8-10H,4-7,11H2,1-3H3,(H,18,19,20). The number of nitrogens with one attached hydrogen (secondary N) is 1. The van der Waals surface area contributed by atoms with E-state index in [1.54, 1.807) is 14.0 Å². The maximum absolute atomic E-state index is 12.0. The van der Waals surface area contributed by atoms with Crippen molar-refractivity contribution in [1.82, 2.24) is 15.4 Å². The number of methoxy groups -OCH3 is 1. The molecule has 0 aliphatic heterocycles. The van der Waals surface area contributed by atoms with Crippen LogP contribution in [0.2, 0.25) is 0 Å². The number of aromatic nitrogens is 3. The number of H-pyrrole nitrogens is 1. The first kappa shape index (κ1) is 17.8. The van der Waals surface area contributed by atoms with E-state index in [9.17, 15) is 4.79 Å². The third-order valence-corrected chi connectivity index (χ3v) is 3.46. The van der Waals surface area contributed by atoms with Crippen molar-refractivity contribution in [1.29, 1.82) is 0 Å². The second kappa shape index (κ2) is 8.90. The van der Waals surface area contributed by atoms with E-state index in [-0.39, 0.29) is 12.3 Å². The fraction of sp³-hybridized carbons (Fsp3) is 0.471. The van der Waals surface area contributed by atoms with E-state index >= 15 is 0 Å². The van der Waals surface area contributed by atoms with Crippen LogP contribution in [0.1, 0.15) is 43.6 Å². The Labute approximate surface area is 141 Å². The van der Waals surface area contributed by atoms with E-state index < -0.39 is 5.97 Å². The minimum atomic E-state index is -0.527. The number of hydrogen-bond acceptors (Lipinski definition) is 6. The molecule has 130 valence electrons. The van der Waals surface area contributed by atoms with Crippen molar-refractivity contribution in [2.45, 2.75) is 33.1 Å². The summed E-state index contributed by atoms with van der Waals surface area (Å²) < 4.78 is 16.3. The molecule has 0 bridgehead atoms. The third kappa shape index (κ3) is 4.04. The van der Waals surface area contributed by atoms with Crippen LogP contribution in [-0.4, -0.2) is 41.7 Å². The SMILES string of the molecule is CCCCCOc1c(OC)cccc1-c1n[nH]nc1C(=O)OCC. The van der Waals surface area contributed by atoms with E-state index in [2.05, 4.69) is 22.3 Å². The molecular weight excluding hydrogens is 310 g/mol. The molecule has 2 rings (SSSR count). The van der Waals surface area contributed by atoms with Crippen LogP contribution in [0.3, 0.4) is 0 Å². The average Bonchev–Trinajstić information content (AvgIpc) is 3.08. The Morgan fingerprint density at radius 2 is 2.04 bits per heavy atom. The minimum absolute atomic E-state index is 0.128. The van der Waals surface area contributed by atoms with Crippen molar-refractivity contribution in [3.63, 3.8) is 0 Å². The van der Waals surface area contributed by atoms with Gasteiger partial charge in [-0.15, -0.1) is 5.10 Å². The lowest BCUT2D eigenvalue weighted by Crippen LogP contribution is -2.07. The Bertz CT molecular complexity index is 670. The molecule has 0 amide bonds. The molecule has 0 saturated heterocycles. The van der Waals surface area contributed by atoms with Gasteiger partial charge in [0.15, 0.2) is 17.2 Å². The number of esters is 1. The largest absolute Gasteiger partial charge is 0.493 e. The highest BCUT2D eigenvalue weighted by Crippen LogP contribution is 2.38. The molecule has 7 nitrogen and oxygen atoms in total. The number of carbonyl (C=O) groups is 1. The zero-order valence-electron chi connectivity index (χ0n) is 14.3. The van der Waals surface area contributed by atoms with Gasteiger partial charge in [-0.3, -0.25) is 0 Å². The number of unbranched alkanes of at least 4 members (excludes halogenated alkanes) is 2. The molecule has 1 N–H and O–H groups in total. The molecule has 2 aromatic rings. The molecule has 0 saturated carbocycles. The Balaban J connectivity index is 2.36. The van der Waals surface area contributed by atoms with Crippen LogP contribution in [0.25, 0.3) is 11.3 Å². The number of hydrogen-bond donors (Lipinski definition) is 1. The molecule has 1 heterocycles. The second-order valence-electron chi connectivity index (χ2n) is 5.13. The van der Waals surface area contributed by atoms with Gasteiger partial charge in [-0.25, -0.2) is 4.79 Å². The molecule has 1 aromatic carbocycles. The summed E-state index contributed by atoms with van der Waals surface area (Å²) in [6, 6.07) is 5.44. The predicted octanol–water partition coefficient (Wildman–Crippen LogP) is 3.23. The summed E-state index contributed by atoms with van der Waals surface area (Å²) >= 11 is 0.